The van der Waals surface area contributed by atoms with E-state index in [0.717, 1.165) is 23.2 Å². The van der Waals surface area contributed by atoms with Gasteiger partial charge in [-0.05, 0) is 18.1 Å². The van der Waals surface area contributed by atoms with Crippen LogP contribution < -0.4 is 5.32 Å². The number of esters is 1. The number of hydrogen-bond donors (Lipinski definition) is 1. The summed E-state index contributed by atoms with van der Waals surface area (Å²) in [6.45, 7) is 4.20. The van der Waals surface area contributed by atoms with Gasteiger partial charge >= 0.3 is 12.1 Å². The van der Waals surface area contributed by atoms with E-state index in [9.17, 15) is 9.59 Å². The van der Waals surface area contributed by atoms with E-state index in [1.165, 1.54) is 7.11 Å². The average Bonchev–Trinajstić information content (AvgIpc) is 3.16. The number of carbonyl (C=O) groups is 2. The van der Waals surface area contributed by atoms with E-state index in [-0.39, 0.29) is 18.5 Å². The van der Waals surface area contributed by atoms with Crippen molar-refractivity contribution in [1.82, 2.24) is 10.1 Å². The van der Waals surface area contributed by atoms with Crippen LogP contribution in [0.3, 0.4) is 0 Å². The Morgan fingerprint density at radius 2 is 1.82 bits per heavy atom. The van der Waals surface area contributed by atoms with Gasteiger partial charge in [0.15, 0.2) is 5.76 Å². The van der Waals surface area contributed by atoms with Crippen LogP contribution in [0.1, 0.15) is 16.8 Å². The Labute approximate surface area is 192 Å². The molecule has 0 saturated carbocycles. The minimum atomic E-state index is -0.548. The van der Waals surface area contributed by atoms with Crippen molar-refractivity contribution < 1.29 is 23.6 Å². The van der Waals surface area contributed by atoms with Gasteiger partial charge in [0.25, 0.3) is 0 Å². The summed E-state index contributed by atoms with van der Waals surface area (Å²) >= 11 is 0. The molecule has 0 bridgehead atoms. The standard InChI is InChI=1S/C25H27N3O5/c1-17-22(26-25(30)32-13-12-18-6-4-3-5-7-18)23(33-27-17)20-10-8-19(9-11-20)14-28-15-21(16-28)24(29)31-2/h3-11,21H,12-16H2,1-2H3,(H,26,30). The molecule has 8 nitrogen and oxygen atoms in total. The third kappa shape index (κ3) is 5.59. The van der Waals surface area contributed by atoms with Gasteiger partial charge in [-0.25, -0.2) is 4.79 Å². The number of aryl methyl sites for hydroxylation is 1. The molecule has 0 atom stereocenters. The molecule has 0 spiro atoms. The first-order valence-electron chi connectivity index (χ1n) is 10.9. The van der Waals surface area contributed by atoms with E-state index >= 15 is 0 Å². The maximum absolute atomic E-state index is 12.3. The molecular weight excluding hydrogens is 422 g/mol. The molecule has 8 heteroatoms. The van der Waals surface area contributed by atoms with Gasteiger partial charge in [0.1, 0.15) is 11.4 Å². The summed E-state index contributed by atoms with van der Waals surface area (Å²) in [5.41, 5.74) is 4.09. The van der Waals surface area contributed by atoms with Crippen molar-refractivity contribution in [3.63, 3.8) is 0 Å². The van der Waals surface area contributed by atoms with Crippen LogP contribution in [0.25, 0.3) is 11.3 Å². The van der Waals surface area contributed by atoms with Crippen molar-refractivity contribution in [2.45, 2.75) is 19.9 Å². The summed E-state index contributed by atoms with van der Waals surface area (Å²) < 4.78 is 15.6. The fraction of sp³-hybridized carbons (Fsp3) is 0.320. The normalized spacial score (nSPS) is 13.9. The maximum Gasteiger partial charge on any atom is 0.411 e. The Hall–Kier alpha value is -3.65. The Bertz CT molecular complexity index is 1090. The molecular formula is C25H27N3O5. The Morgan fingerprint density at radius 1 is 1.09 bits per heavy atom. The highest BCUT2D eigenvalue weighted by Crippen LogP contribution is 2.31. The van der Waals surface area contributed by atoms with Crippen molar-refractivity contribution in [3.05, 3.63) is 71.4 Å². The number of methoxy groups -OCH3 is 1. The van der Waals surface area contributed by atoms with Gasteiger partial charge in [0.2, 0.25) is 0 Å². The molecule has 1 amide bonds. The van der Waals surface area contributed by atoms with Crippen molar-refractivity contribution in [3.8, 4) is 11.3 Å². The van der Waals surface area contributed by atoms with Gasteiger partial charge in [-0.15, -0.1) is 0 Å². The number of ether oxygens (including phenoxy) is 2. The van der Waals surface area contributed by atoms with E-state index in [1.807, 2.05) is 54.6 Å². The molecule has 1 aromatic heterocycles. The van der Waals surface area contributed by atoms with Crippen LogP contribution >= 0.6 is 0 Å². The van der Waals surface area contributed by atoms with Crippen LogP contribution in [0.5, 0.6) is 0 Å². The zero-order valence-corrected chi connectivity index (χ0v) is 18.7. The first-order valence-corrected chi connectivity index (χ1v) is 10.9. The van der Waals surface area contributed by atoms with Crippen LogP contribution in [0.2, 0.25) is 0 Å². The van der Waals surface area contributed by atoms with E-state index in [2.05, 4.69) is 15.4 Å². The van der Waals surface area contributed by atoms with E-state index < -0.39 is 6.09 Å². The van der Waals surface area contributed by atoms with Crippen LogP contribution in [0.15, 0.2) is 59.1 Å². The quantitative estimate of drug-likeness (QED) is 0.519. The fourth-order valence-corrected chi connectivity index (χ4v) is 3.79. The summed E-state index contributed by atoms with van der Waals surface area (Å²) in [5, 5.41) is 6.76. The lowest BCUT2D eigenvalue weighted by molar-refractivity contribution is -0.151. The van der Waals surface area contributed by atoms with Crippen molar-refractivity contribution >= 4 is 17.7 Å². The summed E-state index contributed by atoms with van der Waals surface area (Å²) in [5.74, 6) is 0.294. The maximum atomic E-state index is 12.3. The largest absolute Gasteiger partial charge is 0.469 e. The minimum absolute atomic E-state index is 0.0347. The number of carbonyl (C=O) groups excluding carboxylic acids is 2. The fourth-order valence-electron chi connectivity index (χ4n) is 3.79. The highest BCUT2D eigenvalue weighted by Gasteiger charge is 2.33. The van der Waals surface area contributed by atoms with E-state index in [1.54, 1.807) is 6.92 Å². The van der Waals surface area contributed by atoms with Crippen molar-refractivity contribution in [2.75, 3.05) is 32.1 Å². The second-order valence-corrected chi connectivity index (χ2v) is 8.08. The van der Waals surface area contributed by atoms with Gasteiger partial charge in [0, 0.05) is 31.6 Å². The Balaban J connectivity index is 1.32. The molecule has 0 unspecified atom stereocenters. The molecule has 1 aliphatic heterocycles. The molecule has 3 aromatic rings. The predicted molar refractivity (Wildman–Crippen MR) is 123 cm³/mol. The number of amides is 1. The molecule has 1 N–H and O–H groups in total. The van der Waals surface area contributed by atoms with Crippen molar-refractivity contribution in [1.29, 1.82) is 0 Å². The van der Waals surface area contributed by atoms with Gasteiger partial charge in [-0.1, -0.05) is 59.8 Å². The zero-order chi connectivity index (χ0) is 23.2. The average molecular weight is 450 g/mol. The lowest BCUT2D eigenvalue weighted by atomic mass is 9.99. The first-order chi connectivity index (χ1) is 16.0. The third-order valence-corrected chi connectivity index (χ3v) is 5.67. The van der Waals surface area contributed by atoms with E-state index in [0.29, 0.717) is 36.7 Å². The predicted octanol–water partition coefficient (Wildman–Crippen LogP) is 4.05. The van der Waals surface area contributed by atoms with Crippen LogP contribution in [0, 0.1) is 12.8 Å². The SMILES string of the molecule is COC(=O)C1CN(Cc2ccc(-c3onc(C)c3NC(=O)OCCc3ccccc3)cc2)C1. The van der Waals surface area contributed by atoms with Crippen molar-refractivity contribution in [2.24, 2.45) is 5.92 Å². The summed E-state index contributed by atoms with van der Waals surface area (Å²) in [6.07, 6.45) is 0.0934. The number of anilines is 1. The number of aromatic nitrogens is 1. The summed E-state index contributed by atoms with van der Waals surface area (Å²) in [6, 6.07) is 17.7. The molecule has 1 saturated heterocycles. The lowest BCUT2D eigenvalue weighted by Crippen LogP contribution is -2.49. The molecule has 0 radical (unpaired) electrons. The molecule has 1 aliphatic rings. The minimum Gasteiger partial charge on any atom is -0.469 e. The molecule has 2 aromatic carbocycles. The number of hydrogen-bond acceptors (Lipinski definition) is 7. The smallest absolute Gasteiger partial charge is 0.411 e. The number of benzene rings is 2. The molecule has 2 heterocycles. The second kappa shape index (κ2) is 10.3. The van der Waals surface area contributed by atoms with Crippen LogP contribution in [-0.4, -0.2) is 48.9 Å². The van der Waals surface area contributed by atoms with E-state index in [4.69, 9.17) is 14.0 Å². The molecule has 172 valence electrons. The first kappa shape index (κ1) is 22.5. The van der Waals surface area contributed by atoms with Gasteiger partial charge in [0.05, 0.1) is 19.6 Å². The van der Waals surface area contributed by atoms with Crippen LogP contribution in [-0.2, 0) is 27.2 Å². The lowest BCUT2D eigenvalue weighted by Gasteiger charge is -2.37. The highest BCUT2D eigenvalue weighted by atomic mass is 16.5. The topological polar surface area (TPSA) is 93.9 Å². The molecule has 0 aliphatic carbocycles. The van der Waals surface area contributed by atoms with Gasteiger partial charge in [-0.2, -0.15) is 0 Å². The van der Waals surface area contributed by atoms with Gasteiger partial charge < -0.3 is 14.0 Å². The third-order valence-electron chi connectivity index (χ3n) is 5.67. The number of nitrogens with one attached hydrogen (secondary N) is 1. The zero-order valence-electron chi connectivity index (χ0n) is 18.7. The highest BCUT2D eigenvalue weighted by molar-refractivity contribution is 5.90. The summed E-state index contributed by atoms with van der Waals surface area (Å²) in [7, 11) is 1.42. The number of likely N-dealkylation sites (tertiary alicyclic amines) is 1. The number of rotatable bonds is 8. The Kier molecular flexibility index (Phi) is 7.04. The van der Waals surface area contributed by atoms with Gasteiger partial charge in [-0.3, -0.25) is 15.0 Å². The monoisotopic (exact) mass is 449 g/mol. The van der Waals surface area contributed by atoms with Crippen LogP contribution in [0.4, 0.5) is 10.5 Å². The Morgan fingerprint density at radius 3 is 2.52 bits per heavy atom. The second-order valence-electron chi connectivity index (χ2n) is 8.08. The molecule has 1 fully saturated rings. The molecule has 4 rings (SSSR count). The number of nitrogens with zero attached hydrogens (tertiary/aromatic N) is 2. The molecule has 33 heavy (non-hydrogen) atoms. The summed E-state index contributed by atoms with van der Waals surface area (Å²) in [4.78, 5) is 26.0.